The Hall–Kier alpha value is -1.97. The normalized spacial score (nSPS) is 11.9. The van der Waals surface area contributed by atoms with E-state index >= 15 is 0 Å². The lowest BCUT2D eigenvalue weighted by Gasteiger charge is -2.18. The van der Waals surface area contributed by atoms with Crippen LogP contribution in [0.5, 0.6) is 11.5 Å². The number of ether oxygens (including phenoxy) is 1. The number of carbonyl (C=O) groups excluding carboxylic acids is 1. The molecule has 0 heterocycles. The fourth-order valence-corrected chi connectivity index (χ4v) is 2.08. The van der Waals surface area contributed by atoms with Crippen molar-refractivity contribution < 1.29 is 19.7 Å². The van der Waals surface area contributed by atoms with E-state index < -0.39 is 5.97 Å². The van der Waals surface area contributed by atoms with Gasteiger partial charge in [-0.15, -0.1) is 0 Å². The van der Waals surface area contributed by atoms with E-state index in [9.17, 15) is 15.0 Å². The summed E-state index contributed by atoms with van der Waals surface area (Å²) in [7, 11) is 0. The molecule has 0 bridgehead atoms. The summed E-state index contributed by atoms with van der Waals surface area (Å²) in [5, 5.41) is 19.0. The van der Waals surface area contributed by atoms with Gasteiger partial charge in [0.1, 0.15) is 0 Å². The summed E-state index contributed by atoms with van der Waals surface area (Å²) >= 11 is 0. The summed E-state index contributed by atoms with van der Waals surface area (Å²) < 4.78 is 5.24. The number of carbonyl (C=O) groups is 1. The molecular weight excluding hydrogens is 268 g/mol. The lowest BCUT2D eigenvalue weighted by molar-refractivity contribution is -0.139. The first-order chi connectivity index (χ1) is 9.95. The van der Waals surface area contributed by atoms with Crippen LogP contribution in [-0.2, 0) is 9.53 Å². The molecule has 0 spiro atoms. The summed E-state index contributed by atoms with van der Waals surface area (Å²) in [4.78, 5) is 11.5. The highest BCUT2D eigenvalue weighted by Gasteiger charge is 2.16. The Morgan fingerprint density at radius 2 is 2.00 bits per heavy atom. The number of phenolic OH excluding ortho intramolecular Hbond substituents is 2. The van der Waals surface area contributed by atoms with E-state index in [1.165, 1.54) is 12.1 Å². The number of benzene rings is 1. The Bertz CT molecular complexity index is 494. The van der Waals surface area contributed by atoms with Gasteiger partial charge in [0.05, 0.1) is 6.61 Å². The van der Waals surface area contributed by atoms with Crippen molar-refractivity contribution in [1.29, 1.82) is 0 Å². The lowest BCUT2D eigenvalue weighted by atomic mass is 9.93. The largest absolute Gasteiger partial charge is 0.504 e. The van der Waals surface area contributed by atoms with E-state index in [1.807, 2.05) is 0 Å². The van der Waals surface area contributed by atoms with Crippen molar-refractivity contribution in [3.05, 3.63) is 35.9 Å². The van der Waals surface area contributed by atoms with Gasteiger partial charge in [-0.1, -0.05) is 38.8 Å². The molecule has 116 valence electrons. The average molecular weight is 292 g/mol. The number of phenols is 2. The van der Waals surface area contributed by atoms with Gasteiger partial charge in [-0.2, -0.15) is 0 Å². The Balaban J connectivity index is 2.77. The van der Waals surface area contributed by atoms with Crippen LogP contribution < -0.4 is 0 Å². The van der Waals surface area contributed by atoms with Crippen molar-refractivity contribution >= 4 is 5.97 Å². The molecule has 1 unspecified atom stereocenters. The molecule has 1 atom stereocenters. The molecule has 0 fully saturated rings. The van der Waals surface area contributed by atoms with Gasteiger partial charge in [0.25, 0.3) is 0 Å². The molecule has 0 aliphatic rings. The maximum Gasteiger partial charge on any atom is 0.333 e. The van der Waals surface area contributed by atoms with Crippen molar-refractivity contribution in [3.63, 3.8) is 0 Å². The molecule has 1 aromatic carbocycles. The Labute approximate surface area is 126 Å². The van der Waals surface area contributed by atoms with E-state index in [0.29, 0.717) is 5.57 Å². The Morgan fingerprint density at radius 1 is 1.29 bits per heavy atom. The Morgan fingerprint density at radius 3 is 2.57 bits per heavy atom. The standard InChI is InChI=1S/C17H24O4/c1-4-5-6-7-14(11-21-17(20)12(2)3)13-8-9-15(18)16(19)10-13/h8-10,14,18-19H,2,4-7,11H2,1,3H3. The number of hydrogen-bond acceptors (Lipinski definition) is 4. The maximum atomic E-state index is 11.5. The second kappa shape index (κ2) is 8.35. The molecule has 4 heteroatoms. The van der Waals surface area contributed by atoms with E-state index in [-0.39, 0.29) is 24.0 Å². The third-order valence-electron chi connectivity index (χ3n) is 3.39. The number of rotatable bonds is 8. The minimum Gasteiger partial charge on any atom is -0.504 e. The second-order valence-electron chi connectivity index (χ2n) is 5.32. The van der Waals surface area contributed by atoms with E-state index in [0.717, 1.165) is 31.2 Å². The van der Waals surface area contributed by atoms with Crippen LogP contribution in [0.15, 0.2) is 30.4 Å². The molecule has 0 amide bonds. The van der Waals surface area contributed by atoms with E-state index in [2.05, 4.69) is 13.5 Å². The molecular formula is C17H24O4. The molecule has 1 rings (SSSR count). The zero-order valence-electron chi connectivity index (χ0n) is 12.8. The van der Waals surface area contributed by atoms with Crippen molar-refractivity contribution in [1.82, 2.24) is 0 Å². The molecule has 4 nitrogen and oxygen atoms in total. The molecule has 0 aromatic heterocycles. The summed E-state index contributed by atoms with van der Waals surface area (Å²) in [6, 6.07) is 4.73. The minimum atomic E-state index is -0.404. The van der Waals surface area contributed by atoms with Gasteiger partial charge in [-0.3, -0.25) is 0 Å². The van der Waals surface area contributed by atoms with Crippen LogP contribution in [0.4, 0.5) is 0 Å². The molecule has 2 N–H and O–H groups in total. The third-order valence-corrected chi connectivity index (χ3v) is 3.39. The molecule has 0 saturated heterocycles. The molecule has 0 aliphatic carbocycles. The predicted octanol–water partition coefficient (Wildman–Crippen LogP) is 3.88. The molecule has 0 saturated carbocycles. The molecule has 21 heavy (non-hydrogen) atoms. The summed E-state index contributed by atoms with van der Waals surface area (Å²) in [5.74, 6) is -0.700. The van der Waals surface area contributed by atoms with Crippen molar-refractivity contribution in [3.8, 4) is 11.5 Å². The number of hydrogen-bond donors (Lipinski definition) is 2. The summed E-state index contributed by atoms with van der Waals surface area (Å²) in [6.45, 7) is 7.55. The van der Waals surface area contributed by atoms with E-state index in [1.54, 1.807) is 13.0 Å². The predicted molar refractivity (Wildman–Crippen MR) is 82.4 cm³/mol. The fourth-order valence-electron chi connectivity index (χ4n) is 2.08. The fraction of sp³-hybridized carbons (Fsp3) is 0.471. The van der Waals surface area contributed by atoms with Crippen LogP contribution in [0.25, 0.3) is 0 Å². The number of unbranched alkanes of at least 4 members (excludes halogenated alkanes) is 2. The van der Waals surface area contributed by atoms with Gasteiger partial charge in [0, 0.05) is 11.5 Å². The zero-order chi connectivity index (χ0) is 15.8. The first kappa shape index (κ1) is 17.1. The highest BCUT2D eigenvalue weighted by atomic mass is 16.5. The molecule has 0 aliphatic heterocycles. The van der Waals surface area contributed by atoms with Gasteiger partial charge in [0.2, 0.25) is 0 Å². The highest BCUT2D eigenvalue weighted by Crippen LogP contribution is 2.31. The van der Waals surface area contributed by atoms with Crippen LogP contribution >= 0.6 is 0 Å². The van der Waals surface area contributed by atoms with Crippen LogP contribution in [-0.4, -0.2) is 22.8 Å². The van der Waals surface area contributed by atoms with Gasteiger partial charge < -0.3 is 14.9 Å². The lowest BCUT2D eigenvalue weighted by Crippen LogP contribution is -2.13. The van der Waals surface area contributed by atoms with Crippen LogP contribution in [0, 0.1) is 0 Å². The zero-order valence-corrected chi connectivity index (χ0v) is 12.8. The van der Waals surface area contributed by atoms with Gasteiger partial charge >= 0.3 is 5.97 Å². The van der Waals surface area contributed by atoms with Gasteiger partial charge in [-0.25, -0.2) is 4.79 Å². The monoisotopic (exact) mass is 292 g/mol. The highest BCUT2D eigenvalue weighted by molar-refractivity contribution is 5.86. The van der Waals surface area contributed by atoms with Crippen LogP contribution in [0.2, 0.25) is 0 Å². The number of aromatic hydroxyl groups is 2. The maximum absolute atomic E-state index is 11.5. The third kappa shape index (κ3) is 5.50. The second-order valence-corrected chi connectivity index (χ2v) is 5.32. The molecule has 0 radical (unpaired) electrons. The summed E-state index contributed by atoms with van der Waals surface area (Å²) in [5.41, 5.74) is 1.23. The molecule has 1 aromatic rings. The summed E-state index contributed by atoms with van der Waals surface area (Å²) in [6.07, 6.45) is 4.10. The average Bonchev–Trinajstić information content (AvgIpc) is 2.45. The van der Waals surface area contributed by atoms with Gasteiger partial charge in [-0.05, 0) is 31.0 Å². The smallest absolute Gasteiger partial charge is 0.333 e. The number of esters is 1. The SMILES string of the molecule is C=C(C)C(=O)OCC(CCCCC)c1ccc(O)c(O)c1. The topological polar surface area (TPSA) is 66.8 Å². The van der Waals surface area contributed by atoms with Crippen molar-refractivity contribution in [2.24, 2.45) is 0 Å². The van der Waals surface area contributed by atoms with Crippen molar-refractivity contribution in [2.75, 3.05) is 6.61 Å². The van der Waals surface area contributed by atoms with E-state index in [4.69, 9.17) is 4.74 Å². The van der Waals surface area contributed by atoms with Crippen LogP contribution in [0.3, 0.4) is 0 Å². The van der Waals surface area contributed by atoms with Gasteiger partial charge in [0.15, 0.2) is 11.5 Å². The first-order valence-electron chi connectivity index (χ1n) is 7.30. The van der Waals surface area contributed by atoms with Crippen molar-refractivity contribution in [2.45, 2.75) is 45.4 Å². The minimum absolute atomic E-state index is 0.00588. The first-order valence-corrected chi connectivity index (χ1v) is 7.30. The Kier molecular flexibility index (Phi) is 6.79. The quantitative estimate of drug-likeness (QED) is 0.330. The van der Waals surface area contributed by atoms with Crippen LogP contribution in [0.1, 0.15) is 51.0 Å².